The van der Waals surface area contributed by atoms with Gasteiger partial charge in [-0.05, 0) is 49.6 Å². The van der Waals surface area contributed by atoms with E-state index in [1.54, 1.807) is 0 Å². The third-order valence-electron chi connectivity index (χ3n) is 6.15. The van der Waals surface area contributed by atoms with Crippen molar-refractivity contribution in [3.8, 4) is 0 Å². The lowest BCUT2D eigenvalue weighted by Crippen LogP contribution is -2.47. The zero-order valence-corrected chi connectivity index (χ0v) is 19.3. The molecule has 1 heterocycles. The van der Waals surface area contributed by atoms with Crippen molar-refractivity contribution in [1.82, 2.24) is 9.80 Å². The zero-order chi connectivity index (χ0) is 22.8. The number of amides is 1. The van der Waals surface area contributed by atoms with Crippen molar-refractivity contribution < 1.29 is 14.3 Å². The molecular formula is C26H35N3O3. The lowest BCUT2D eigenvalue weighted by atomic mass is 10.0. The first-order valence-electron chi connectivity index (χ1n) is 11.5. The van der Waals surface area contributed by atoms with Gasteiger partial charge in [0.05, 0.1) is 13.0 Å². The fourth-order valence-corrected chi connectivity index (χ4v) is 4.04. The van der Waals surface area contributed by atoms with Gasteiger partial charge < -0.3 is 19.9 Å². The summed E-state index contributed by atoms with van der Waals surface area (Å²) in [4.78, 5) is 28.9. The third kappa shape index (κ3) is 7.46. The molecule has 1 N–H and O–H groups in total. The van der Waals surface area contributed by atoms with Crippen molar-refractivity contribution in [1.29, 1.82) is 0 Å². The topological polar surface area (TPSA) is 61.9 Å². The molecule has 6 nitrogen and oxygen atoms in total. The van der Waals surface area contributed by atoms with Gasteiger partial charge in [0, 0.05) is 44.8 Å². The molecule has 1 unspecified atom stereocenters. The summed E-state index contributed by atoms with van der Waals surface area (Å²) >= 11 is 0. The second-order valence-electron chi connectivity index (χ2n) is 8.44. The molecule has 3 rings (SSSR count). The normalized spacial score (nSPS) is 15.8. The average Bonchev–Trinajstić information content (AvgIpc) is 2.84. The predicted molar refractivity (Wildman–Crippen MR) is 128 cm³/mol. The van der Waals surface area contributed by atoms with Crippen LogP contribution in [0, 0.1) is 0 Å². The monoisotopic (exact) mass is 437 g/mol. The number of carbonyl (C=O) groups excluding carboxylic acids is 2. The predicted octanol–water partition coefficient (Wildman–Crippen LogP) is 3.54. The van der Waals surface area contributed by atoms with E-state index in [9.17, 15) is 9.59 Å². The highest BCUT2D eigenvalue weighted by atomic mass is 16.5. The Balaban J connectivity index is 1.31. The van der Waals surface area contributed by atoms with E-state index in [1.807, 2.05) is 31.2 Å². The van der Waals surface area contributed by atoms with Gasteiger partial charge in [-0.2, -0.15) is 0 Å². The minimum absolute atomic E-state index is 0.0176. The summed E-state index contributed by atoms with van der Waals surface area (Å²) < 4.78 is 4.78. The molecule has 1 atom stereocenters. The summed E-state index contributed by atoms with van der Waals surface area (Å²) in [5.74, 6) is -0.566. The number of nitrogens with zero attached hydrogens (tertiary/aromatic N) is 2. The Kier molecular flexibility index (Phi) is 9.26. The number of aryl methyl sites for hydroxylation is 1. The summed E-state index contributed by atoms with van der Waals surface area (Å²) in [6.07, 6.45) is 2.79. The van der Waals surface area contributed by atoms with Gasteiger partial charge in [-0.15, -0.1) is 0 Å². The lowest BCUT2D eigenvalue weighted by Gasteiger charge is -2.34. The quantitative estimate of drug-likeness (QED) is 0.576. The molecule has 1 aliphatic heterocycles. The number of nitrogens with one attached hydrogen (secondary N) is 1. The Labute approximate surface area is 191 Å². The maximum Gasteiger partial charge on any atom is 0.312 e. The number of anilines is 1. The van der Waals surface area contributed by atoms with Crippen LogP contribution >= 0.6 is 0 Å². The van der Waals surface area contributed by atoms with Gasteiger partial charge in [0.2, 0.25) is 5.91 Å². The van der Waals surface area contributed by atoms with Crippen molar-refractivity contribution >= 4 is 17.6 Å². The summed E-state index contributed by atoms with van der Waals surface area (Å²) in [6, 6.07) is 18.0. The fraction of sp³-hybridized carbons (Fsp3) is 0.462. The standard InChI is InChI=1S/C26H35N3O3/c1-21(26(31)32-2)23-10-12-24(13-11-23)27-25(30)14-16-29-19-17-28(18-20-29)15-6-9-22-7-4-3-5-8-22/h3-5,7-8,10-13,21H,6,9,14-20H2,1-2H3,(H,27,30). The third-order valence-corrected chi connectivity index (χ3v) is 6.15. The summed E-state index contributed by atoms with van der Waals surface area (Å²) in [7, 11) is 1.39. The lowest BCUT2D eigenvalue weighted by molar-refractivity contribution is -0.142. The first-order chi connectivity index (χ1) is 15.5. The highest BCUT2D eigenvalue weighted by Crippen LogP contribution is 2.19. The van der Waals surface area contributed by atoms with Crippen LogP contribution in [-0.2, 0) is 20.7 Å². The second kappa shape index (κ2) is 12.4. The Hall–Kier alpha value is -2.70. The molecule has 1 saturated heterocycles. The summed E-state index contributed by atoms with van der Waals surface area (Å²) in [6.45, 7) is 7.88. The van der Waals surface area contributed by atoms with Crippen molar-refractivity contribution in [2.45, 2.75) is 32.1 Å². The maximum absolute atomic E-state index is 12.3. The van der Waals surface area contributed by atoms with Gasteiger partial charge in [0.25, 0.3) is 0 Å². The second-order valence-corrected chi connectivity index (χ2v) is 8.44. The molecule has 1 amide bonds. The van der Waals surface area contributed by atoms with Crippen LogP contribution in [0.2, 0.25) is 0 Å². The van der Waals surface area contributed by atoms with Gasteiger partial charge in [-0.3, -0.25) is 9.59 Å². The van der Waals surface area contributed by atoms with Crippen LogP contribution in [0.3, 0.4) is 0 Å². The van der Waals surface area contributed by atoms with Crippen LogP contribution in [0.25, 0.3) is 0 Å². The van der Waals surface area contributed by atoms with E-state index >= 15 is 0 Å². The first-order valence-corrected chi connectivity index (χ1v) is 11.5. The number of piperazine rings is 1. The molecule has 0 aliphatic carbocycles. The molecular weight excluding hydrogens is 402 g/mol. The van der Waals surface area contributed by atoms with Crippen molar-refractivity contribution in [2.24, 2.45) is 0 Å². The van der Waals surface area contributed by atoms with Crippen LogP contribution < -0.4 is 5.32 Å². The van der Waals surface area contributed by atoms with Gasteiger partial charge in [-0.25, -0.2) is 0 Å². The molecule has 1 fully saturated rings. The largest absolute Gasteiger partial charge is 0.469 e. The zero-order valence-electron chi connectivity index (χ0n) is 19.3. The van der Waals surface area contributed by atoms with Crippen LogP contribution in [0.5, 0.6) is 0 Å². The number of benzene rings is 2. The van der Waals surface area contributed by atoms with E-state index in [1.165, 1.54) is 19.1 Å². The van der Waals surface area contributed by atoms with E-state index in [-0.39, 0.29) is 17.8 Å². The highest BCUT2D eigenvalue weighted by molar-refractivity contribution is 5.90. The molecule has 6 heteroatoms. The number of esters is 1. The average molecular weight is 438 g/mol. The van der Waals surface area contributed by atoms with Crippen molar-refractivity contribution in [3.05, 3.63) is 65.7 Å². The smallest absolute Gasteiger partial charge is 0.312 e. The molecule has 1 aliphatic rings. The van der Waals surface area contributed by atoms with E-state index in [0.717, 1.165) is 56.9 Å². The van der Waals surface area contributed by atoms with Crippen LogP contribution in [0.1, 0.15) is 36.8 Å². The van der Waals surface area contributed by atoms with Gasteiger partial charge in [-0.1, -0.05) is 42.5 Å². The van der Waals surface area contributed by atoms with E-state index < -0.39 is 0 Å². The van der Waals surface area contributed by atoms with Crippen molar-refractivity contribution in [2.75, 3.05) is 51.7 Å². The molecule has 0 radical (unpaired) electrons. The minimum atomic E-state index is -0.318. The maximum atomic E-state index is 12.3. The summed E-state index contributed by atoms with van der Waals surface area (Å²) in [5, 5.41) is 2.95. The van der Waals surface area contributed by atoms with E-state index in [0.29, 0.717) is 6.42 Å². The Morgan fingerprint density at radius 1 is 0.938 bits per heavy atom. The number of rotatable bonds is 10. The molecule has 2 aromatic carbocycles. The van der Waals surface area contributed by atoms with Crippen LogP contribution in [0.15, 0.2) is 54.6 Å². The highest BCUT2D eigenvalue weighted by Gasteiger charge is 2.18. The first kappa shape index (κ1) is 24.0. The van der Waals surface area contributed by atoms with E-state index in [2.05, 4.69) is 45.4 Å². The molecule has 0 saturated carbocycles. The molecule has 0 spiro atoms. The van der Waals surface area contributed by atoms with Gasteiger partial charge >= 0.3 is 5.97 Å². The molecule has 2 aromatic rings. The molecule has 32 heavy (non-hydrogen) atoms. The van der Waals surface area contributed by atoms with Gasteiger partial charge in [0.15, 0.2) is 0 Å². The van der Waals surface area contributed by atoms with Crippen LogP contribution in [0.4, 0.5) is 5.69 Å². The molecule has 0 bridgehead atoms. The Bertz CT molecular complexity index is 846. The number of carbonyl (C=O) groups is 2. The van der Waals surface area contributed by atoms with Gasteiger partial charge in [0.1, 0.15) is 0 Å². The minimum Gasteiger partial charge on any atom is -0.469 e. The van der Waals surface area contributed by atoms with E-state index in [4.69, 9.17) is 4.74 Å². The number of ether oxygens (including phenoxy) is 1. The number of methoxy groups -OCH3 is 1. The molecule has 0 aromatic heterocycles. The fourth-order valence-electron chi connectivity index (χ4n) is 4.04. The summed E-state index contributed by atoms with van der Waals surface area (Å²) in [5.41, 5.74) is 3.03. The van der Waals surface area contributed by atoms with Crippen molar-refractivity contribution in [3.63, 3.8) is 0 Å². The Morgan fingerprint density at radius 3 is 2.19 bits per heavy atom. The Morgan fingerprint density at radius 2 is 1.56 bits per heavy atom. The SMILES string of the molecule is COC(=O)C(C)c1ccc(NC(=O)CCN2CCN(CCCc3ccccc3)CC2)cc1. The van der Waals surface area contributed by atoms with Crippen LogP contribution in [-0.4, -0.2) is 68.1 Å². The molecule has 172 valence electrons. The number of hydrogen-bond acceptors (Lipinski definition) is 5. The number of hydrogen-bond donors (Lipinski definition) is 1.